The van der Waals surface area contributed by atoms with Crippen LogP contribution in [-0.4, -0.2) is 25.5 Å². The van der Waals surface area contributed by atoms with Gasteiger partial charge in [-0.3, -0.25) is 9.59 Å². The average molecular weight is 250 g/mol. The summed E-state index contributed by atoms with van der Waals surface area (Å²) >= 11 is 0. The number of ether oxygens (including phenoxy) is 2. The number of hydrogen-bond donors (Lipinski definition) is 0. The van der Waals surface area contributed by atoms with Gasteiger partial charge in [-0.05, 0) is 25.5 Å². The van der Waals surface area contributed by atoms with Gasteiger partial charge in [0.05, 0.1) is 19.3 Å². The maximum Gasteiger partial charge on any atom is 0.305 e. The SMILES string of the molecule is CCOc1ccccc1C(=O)CCCC(=O)OC. The Morgan fingerprint density at radius 2 is 1.89 bits per heavy atom. The van der Waals surface area contributed by atoms with Crippen LogP contribution in [0.4, 0.5) is 0 Å². The van der Waals surface area contributed by atoms with E-state index in [1.54, 1.807) is 18.2 Å². The quantitative estimate of drug-likeness (QED) is 0.551. The molecule has 0 bridgehead atoms. The molecule has 1 aromatic rings. The third kappa shape index (κ3) is 4.20. The van der Waals surface area contributed by atoms with E-state index >= 15 is 0 Å². The van der Waals surface area contributed by atoms with E-state index in [2.05, 4.69) is 4.74 Å². The van der Waals surface area contributed by atoms with Crippen molar-refractivity contribution in [3.8, 4) is 5.75 Å². The standard InChI is InChI=1S/C14H18O4/c1-3-18-13-9-5-4-7-11(13)12(15)8-6-10-14(16)17-2/h4-5,7,9H,3,6,8,10H2,1-2H3. The number of hydrogen-bond acceptors (Lipinski definition) is 4. The number of para-hydroxylation sites is 1. The third-order valence-corrected chi connectivity index (χ3v) is 2.50. The number of carbonyl (C=O) groups is 2. The Balaban J connectivity index is 2.58. The van der Waals surface area contributed by atoms with Crippen molar-refractivity contribution < 1.29 is 19.1 Å². The van der Waals surface area contributed by atoms with Crippen molar-refractivity contribution >= 4 is 11.8 Å². The minimum atomic E-state index is -0.291. The number of carbonyl (C=O) groups excluding carboxylic acids is 2. The summed E-state index contributed by atoms with van der Waals surface area (Å²) in [6, 6.07) is 7.15. The molecule has 1 aromatic carbocycles. The van der Waals surface area contributed by atoms with Gasteiger partial charge in [-0.1, -0.05) is 12.1 Å². The van der Waals surface area contributed by atoms with Crippen molar-refractivity contribution in [2.45, 2.75) is 26.2 Å². The van der Waals surface area contributed by atoms with Crippen LogP contribution in [0.3, 0.4) is 0 Å². The van der Waals surface area contributed by atoms with Crippen LogP contribution >= 0.6 is 0 Å². The number of Topliss-reactive ketones (excluding diaryl/α,β-unsaturated/α-hetero) is 1. The summed E-state index contributed by atoms with van der Waals surface area (Å²) in [5.41, 5.74) is 0.573. The highest BCUT2D eigenvalue weighted by Gasteiger charge is 2.12. The molecular weight excluding hydrogens is 232 g/mol. The summed E-state index contributed by atoms with van der Waals surface area (Å²) in [4.78, 5) is 22.9. The third-order valence-electron chi connectivity index (χ3n) is 2.50. The van der Waals surface area contributed by atoms with Crippen LogP contribution < -0.4 is 4.74 Å². The molecule has 0 heterocycles. The summed E-state index contributed by atoms with van der Waals surface area (Å²) in [5.74, 6) is 0.298. The zero-order chi connectivity index (χ0) is 13.4. The molecule has 0 amide bonds. The van der Waals surface area contributed by atoms with Gasteiger partial charge in [0.2, 0.25) is 0 Å². The highest BCUT2D eigenvalue weighted by Crippen LogP contribution is 2.20. The molecule has 0 aliphatic carbocycles. The van der Waals surface area contributed by atoms with E-state index in [1.165, 1.54) is 7.11 Å². The van der Waals surface area contributed by atoms with Crippen molar-refractivity contribution in [1.82, 2.24) is 0 Å². The topological polar surface area (TPSA) is 52.6 Å². The lowest BCUT2D eigenvalue weighted by atomic mass is 10.0. The fourth-order valence-electron chi connectivity index (χ4n) is 1.61. The first kappa shape index (κ1) is 14.2. The fraction of sp³-hybridized carbons (Fsp3) is 0.429. The Bertz CT molecular complexity index is 412. The molecule has 1 rings (SSSR count). The second-order valence-corrected chi connectivity index (χ2v) is 3.78. The molecule has 0 spiro atoms. The van der Waals surface area contributed by atoms with Gasteiger partial charge in [0.25, 0.3) is 0 Å². The van der Waals surface area contributed by atoms with Gasteiger partial charge in [0.15, 0.2) is 5.78 Å². The maximum absolute atomic E-state index is 12.0. The minimum Gasteiger partial charge on any atom is -0.493 e. The van der Waals surface area contributed by atoms with Crippen LogP contribution in [0.15, 0.2) is 24.3 Å². The smallest absolute Gasteiger partial charge is 0.305 e. The molecule has 0 fully saturated rings. The molecule has 0 aliphatic rings. The van der Waals surface area contributed by atoms with Crippen LogP contribution in [0.2, 0.25) is 0 Å². The number of rotatable bonds is 7. The molecule has 98 valence electrons. The molecule has 4 heteroatoms. The van der Waals surface area contributed by atoms with Crippen LogP contribution in [0.25, 0.3) is 0 Å². The van der Waals surface area contributed by atoms with Crippen LogP contribution in [0.1, 0.15) is 36.5 Å². The lowest BCUT2D eigenvalue weighted by Gasteiger charge is -2.08. The first-order valence-corrected chi connectivity index (χ1v) is 6.00. The Labute approximate surface area is 107 Å². The zero-order valence-corrected chi connectivity index (χ0v) is 10.8. The zero-order valence-electron chi connectivity index (χ0n) is 10.8. The Kier molecular flexibility index (Phi) is 5.91. The molecule has 0 saturated carbocycles. The molecular formula is C14H18O4. The molecule has 0 N–H and O–H groups in total. The van der Waals surface area contributed by atoms with Crippen molar-refractivity contribution in [2.75, 3.05) is 13.7 Å². The van der Waals surface area contributed by atoms with Gasteiger partial charge >= 0.3 is 5.97 Å². The lowest BCUT2D eigenvalue weighted by molar-refractivity contribution is -0.140. The van der Waals surface area contributed by atoms with E-state index in [9.17, 15) is 9.59 Å². The molecule has 0 unspecified atom stereocenters. The highest BCUT2D eigenvalue weighted by atomic mass is 16.5. The van der Waals surface area contributed by atoms with E-state index in [0.717, 1.165) is 0 Å². The summed E-state index contributed by atoms with van der Waals surface area (Å²) in [6.45, 7) is 2.39. The minimum absolute atomic E-state index is 0.0112. The van der Waals surface area contributed by atoms with Crippen molar-refractivity contribution in [3.05, 3.63) is 29.8 Å². The molecule has 0 aliphatic heterocycles. The molecule has 0 radical (unpaired) electrons. The predicted octanol–water partition coefficient (Wildman–Crippen LogP) is 2.61. The lowest BCUT2D eigenvalue weighted by Crippen LogP contribution is -2.06. The Morgan fingerprint density at radius 1 is 1.17 bits per heavy atom. The van der Waals surface area contributed by atoms with Gasteiger partial charge in [0, 0.05) is 12.8 Å². The normalized spacial score (nSPS) is 9.89. The monoisotopic (exact) mass is 250 g/mol. The summed E-state index contributed by atoms with van der Waals surface area (Å²) in [5, 5.41) is 0. The Morgan fingerprint density at radius 3 is 2.56 bits per heavy atom. The van der Waals surface area contributed by atoms with Crippen molar-refractivity contribution in [3.63, 3.8) is 0 Å². The van der Waals surface area contributed by atoms with Crippen molar-refractivity contribution in [2.24, 2.45) is 0 Å². The molecule has 4 nitrogen and oxygen atoms in total. The van der Waals surface area contributed by atoms with E-state index < -0.39 is 0 Å². The van der Waals surface area contributed by atoms with Crippen LogP contribution in [-0.2, 0) is 9.53 Å². The maximum atomic E-state index is 12.0. The van der Waals surface area contributed by atoms with Crippen LogP contribution in [0.5, 0.6) is 5.75 Å². The number of methoxy groups -OCH3 is 1. The molecule has 18 heavy (non-hydrogen) atoms. The van der Waals surface area contributed by atoms with E-state index in [0.29, 0.717) is 30.8 Å². The first-order chi connectivity index (χ1) is 8.69. The predicted molar refractivity (Wildman–Crippen MR) is 67.8 cm³/mol. The summed E-state index contributed by atoms with van der Waals surface area (Å²) in [7, 11) is 1.34. The highest BCUT2D eigenvalue weighted by molar-refractivity contribution is 5.98. The van der Waals surface area contributed by atoms with E-state index in [1.807, 2.05) is 13.0 Å². The fourth-order valence-corrected chi connectivity index (χ4v) is 1.61. The van der Waals surface area contributed by atoms with Gasteiger partial charge < -0.3 is 9.47 Å². The molecule has 0 atom stereocenters. The second kappa shape index (κ2) is 7.48. The number of benzene rings is 1. The molecule has 0 aromatic heterocycles. The summed E-state index contributed by atoms with van der Waals surface area (Å²) in [6.07, 6.45) is 1.07. The van der Waals surface area contributed by atoms with Crippen LogP contribution in [0, 0.1) is 0 Å². The van der Waals surface area contributed by atoms with Gasteiger partial charge in [0.1, 0.15) is 5.75 Å². The van der Waals surface area contributed by atoms with E-state index in [4.69, 9.17) is 4.74 Å². The number of ketones is 1. The number of esters is 1. The largest absolute Gasteiger partial charge is 0.493 e. The average Bonchev–Trinajstić information content (AvgIpc) is 2.39. The van der Waals surface area contributed by atoms with Gasteiger partial charge in [-0.15, -0.1) is 0 Å². The Hall–Kier alpha value is -1.84. The first-order valence-electron chi connectivity index (χ1n) is 6.00. The van der Waals surface area contributed by atoms with Gasteiger partial charge in [-0.2, -0.15) is 0 Å². The second-order valence-electron chi connectivity index (χ2n) is 3.78. The summed E-state index contributed by atoms with van der Waals surface area (Å²) < 4.78 is 9.92. The van der Waals surface area contributed by atoms with E-state index in [-0.39, 0.29) is 18.2 Å². The van der Waals surface area contributed by atoms with Gasteiger partial charge in [-0.25, -0.2) is 0 Å². The molecule has 0 saturated heterocycles. The van der Waals surface area contributed by atoms with Crippen molar-refractivity contribution in [1.29, 1.82) is 0 Å².